The lowest BCUT2D eigenvalue weighted by Crippen LogP contribution is -2.61. The molecule has 2 fully saturated rings. The number of rotatable bonds is 13. The number of halogens is 5. The second-order valence-electron chi connectivity index (χ2n) is 14.3. The van der Waals surface area contributed by atoms with E-state index in [4.69, 9.17) is 9.47 Å². The summed E-state index contributed by atoms with van der Waals surface area (Å²) in [5, 5.41) is 0. The lowest BCUT2D eigenvalue weighted by atomic mass is 9.80. The molecule has 0 aliphatic carbocycles. The summed E-state index contributed by atoms with van der Waals surface area (Å²) in [5.41, 5.74) is -0.163. The average Bonchev–Trinajstić information content (AvgIpc) is 3.61. The largest absolute Gasteiger partial charge is 0.497 e. The Balaban J connectivity index is 1.33. The number of piperidine rings is 1. The second-order valence-corrected chi connectivity index (χ2v) is 16.1. The molecule has 4 aromatic rings. The number of hydrogen-bond acceptors (Lipinski definition) is 9. The van der Waals surface area contributed by atoms with E-state index >= 15 is 8.78 Å². The van der Waals surface area contributed by atoms with Crippen LogP contribution in [0.3, 0.4) is 0 Å². The molecule has 0 radical (unpaired) electrons. The number of benzene rings is 3. The number of aromatic nitrogens is 2. The lowest BCUT2D eigenvalue weighted by molar-refractivity contribution is -0.137. The van der Waals surface area contributed by atoms with Crippen molar-refractivity contribution in [1.29, 1.82) is 0 Å². The first-order valence-corrected chi connectivity index (χ1v) is 19.4. The number of aryl methyl sites for hydroxylation is 1. The van der Waals surface area contributed by atoms with Gasteiger partial charge in [-0.05, 0) is 88.6 Å². The lowest BCUT2D eigenvalue weighted by Gasteiger charge is -2.51. The third-order valence-corrected chi connectivity index (χ3v) is 12.7. The van der Waals surface area contributed by atoms with Gasteiger partial charge in [0.25, 0.3) is 10.0 Å². The molecular weight excluding hydrogens is 744 g/mol. The second kappa shape index (κ2) is 16.3. The van der Waals surface area contributed by atoms with E-state index in [2.05, 4.69) is 19.8 Å². The maximum Gasteiger partial charge on any atom is 0.416 e. The zero-order valence-electron chi connectivity index (χ0n) is 31.2. The van der Waals surface area contributed by atoms with Gasteiger partial charge in [-0.25, -0.2) is 31.5 Å². The first kappa shape index (κ1) is 40.1. The van der Waals surface area contributed by atoms with Gasteiger partial charge in [0.1, 0.15) is 35.3 Å². The summed E-state index contributed by atoms with van der Waals surface area (Å²) in [6.45, 7) is 2.10. The van der Waals surface area contributed by atoms with Crippen molar-refractivity contribution in [2.45, 2.75) is 61.3 Å². The molecule has 3 aromatic carbocycles. The highest BCUT2D eigenvalue weighted by Crippen LogP contribution is 2.39. The van der Waals surface area contributed by atoms with E-state index in [0.29, 0.717) is 55.0 Å². The fraction of sp³-hybridized carbons (Fsp3) is 0.436. The van der Waals surface area contributed by atoms with E-state index < -0.39 is 43.8 Å². The van der Waals surface area contributed by atoms with E-state index in [-0.39, 0.29) is 24.1 Å². The summed E-state index contributed by atoms with van der Waals surface area (Å²) in [5.74, 6) is -1.91. The summed E-state index contributed by atoms with van der Waals surface area (Å²) in [6, 6.07) is 13.7. The third kappa shape index (κ3) is 8.65. The number of likely N-dealkylation sites (tertiary alicyclic amines) is 1. The first-order chi connectivity index (χ1) is 26.1. The molecule has 0 saturated carbocycles. The molecule has 0 N–H and O–H groups in total. The topological polar surface area (TPSA) is 91.3 Å². The van der Waals surface area contributed by atoms with Gasteiger partial charge in [0.15, 0.2) is 4.90 Å². The maximum absolute atomic E-state index is 16.3. The van der Waals surface area contributed by atoms with Gasteiger partial charge in [0.2, 0.25) is 0 Å². The molecule has 3 heterocycles. The molecule has 0 amide bonds. The van der Waals surface area contributed by atoms with Crippen molar-refractivity contribution in [1.82, 2.24) is 19.8 Å². The fourth-order valence-corrected chi connectivity index (χ4v) is 9.33. The highest BCUT2D eigenvalue weighted by molar-refractivity contribution is 7.92. The molecule has 0 bridgehead atoms. The summed E-state index contributed by atoms with van der Waals surface area (Å²) < 4.78 is 113. The number of likely N-dealkylation sites (N-methyl/N-ethyl adjacent to an activating group) is 2. The Bertz CT molecular complexity index is 2050. The van der Waals surface area contributed by atoms with Gasteiger partial charge < -0.3 is 19.3 Å². The van der Waals surface area contributed by atoms with Crippen LogP contribution in [0.15, 0.2) is 78.1 Å². The number of sulfonamides is 1. The Morgan fingerprint density at radius 2 is 1.76 bits per heavy atom. The van der Waals surface area contributed by atoms with Crippen molar-refractivity contribution in [2.24, 2.45) is 0 Å². The smallest absolute Gasteiger partial charge is 0.416 e. The van der Waals surface area contributed by atoms with E-state index in [1.165, 1.54) is 38.6 Å². The van der Waals surface area contributed by atoms with Crippen molar-refractivity contribution in [3.05, 3.63) is 102 Å². The number of alkyl halides is 3. The summed E-state index contributed by atoms with van der Waals surface area (Å²) >= 11 is 0. The van der Waals surface area contributed by atoms with Crippen LogP contribution in [0, 0.1) is 11.6 Å². The molecule has 2 saturated heterocycles. The molecule has 2 atom stereocenters. The van der Waals surface area contributed by atoms with E-state index in [1.54, 1.807) is 24.3 Å². The number of methoxy groups -OCH3 is 2. The standard InChI is InChI=1S/C39H45F5N6O4S/c1-47-18-13-30(24-47)48(2)38(15-11-27-7-5-8-29(19-27)39(42,43)44)14-6-17-49(25-38)31-20-33(40)37(34(41)21-31)55(51,52)50(36-12-16-45-26-46-36)23-28-9-10-32(53-3)22-35(28)54-4/h5,7-10,12,16,19-22,26,30H,6,11,13-15,17-18,23-25H2,1-4H3/t30-,38+/m0/s1. The zero-order valence-corrected chi connectivity index (χ0v) is 32.0. The molecule has 0 unspecified atom stereocenters. The van der Waals surface area contributed by atoms with Crippen LogP contribution < -0.4 is 18.7 Å². The quantitative estimate of drug-likeness (QED) is 0.136. The molecule has 0 spiro atoms. The predicted molar refractivity (Wildman–Crippen MR) is 199 cm³/mol. The van der Waals surface area contributed by atoms with Gasteiger partial charge in [-0.1, -0.05) is 18.2 Å². The van der Waals surface area contributed by atoms with Crippen LogP contribution in [0.4, 0.5) is 33.5 Å². The molecule has 296 valence electrons. The Labute approximate surface area is 318 Å². The monoisotopic (exact) mass is 788 g/mol. The van der Waals surface area contributed by atoms with Gasteiger partial charge in [-0.15, -0.1) is 0 Å². The van der Waals surface area contributed by atoms with Crippen LogP contribution in [-0.4, -0.2) is 94.3 Å². The maximum atomic E-state index is 16.3. The first-order valence-electron chi connectivity index (χ1n) is 18.0. The Kier molecular flexibility index (Phi) is 11.9. The van der Waals surface area contributed by atoms with Crippen LogP contribution in [0.2, 0.25) is 0 Å². The average molecular weight is 789 g/mol. The highest BCUT2D eigenvalue weighted by atomic mass is 32.2. The molecule has 55 heavy (non-hydrogen) atoms. The molecule has 6 rings (SSSR count). The SMILES string of the molecule is COc1ccc(CN(c2ccncn2)S(=O)(=O)c2c(F)cc(N3CCC[C@](CCc4cccc(C(F)(F)F)c4)(N(C)[C@H]4CCN(C)C4)C3)cc2F)c(OC)c1. The third-order valence-electron chi connectivity index (χ3n) is 10.9. The van der Waals surface area contributed by atoms with Gasteiger partial charge in [-0.2, -0.15) is 13.2 Å². The normalized spacial score (nSPS) is 19.5. The zero-order chi connectivity index (χ0) is 39.5. The van der Waals surface area contributed by atoms with Crippen molar-refractivity contribution in [2.75, 3.05) is 63.7 Å². The van der Waals surface area contributed by atoms with Crippen LogP contribution in [-0.2, 0) is 29.2 Å². The number of anilines is 2. The number of hydrogen-bond donors (Lipinski definition) is 0. The van der Waals surface area contributed by atoms with Crippen LogP contribution in [0.1, 0.15) is 42.4 Å². The van der Waals surface area contributed by atoms with Crippen molar-refractivity contribution >= 4 is 21.5 Å². The summed E-state index contributed by atoms with van der Waals surface area (Å²) in [4.78, 5) is 13.2. The van der Waals surface area contributed by atoms with E-state index in [9.17, 15) is 21.6 Å². The molecule has 2 aliphatic rings. The van der Waals surface area contributed by atoms with Crippen LogP contribution in [0.5, 0.6) is 11.5 Å². The van der Waals surface area contributed by atoms with E-state index in [1.807, 2.05) is 19.0 Å². The van der Waals surface area contributed by atoms with Gasteiger partial charge in [0.05, 0.1) is 26.3 Å². The summed E-state index contributed by atoms with van der Waals surface area (Å²) in [7, 11) is 2.03. The van der Waals surface area contributed by atoms with Gasteiger partial charge >= 0.3 is 6.18 Å². The molecule has 1 aromatic heterocycles. The Morgan fingerprint density at radius 1 is 1.00 bits per heavy atom. The number of nitrogens with zero attached hydrogens (tertiary/aromatic N) is 6. The minimum absolute atomic E-state index is 0.113. The Morgan fingerprint density at radius 3 is 2.40 bits per heavy atom. The summed E-state index contributed by atoms with van der Waals surface area (Å²) in [6.07, 6.45) is 1.12. The minimum Gasteiger partial charge on any atom is -0.497 e. The highest BCUT2D eigenvalue weighted by Gasteiger charge is 2.43. The molecular formula is C39H45F5N6O4S. The van der Waals surface area contributed by atoms with Crippen LogP contribution >= 0.6 is 0 Å². The van der Waals surface area contributed by atoms with Crippen molar-refractivity contribution in [3.8, 4) is 11.5 Å². The number of ether oxygens (including phenoxy) is 2. The minimum atomic E-state index is -4.91. The molecule has 2 aliphatic heterocycles. The van der Waals surface area contributed by atoms with Crippen molar-refractivity contribution < 1.29 is 39.8 Å². The predicted octanol–water partition coefficient (Wildman–Crippen LogP) is 6.79. The van der Waals surface area contributed by atoms with Crippen molar-refractivity contribution in [3.63, 3.8) is 0 Å². The van der Waals surface area contributed by atoms with Crippen LogP contribution in [0.25, 0.3) is 0 Å². The van der Waals surface area contributed by atoms with Gasteiger partial charge in [-0.3, -0.25) is 4.90 Å². The van der Waals surface area contributed by atoms with Gasteiger partial charge in [0, 0.05) is 60.8 Å². The molecule has 16 heteroatoms. The molecule has 10 nitrogen and oxygen atoms in total. The Hall–Kier alpha value is -4.54. The fourth-order valence-electron chi connectivity index (χ4n) is 7.84. The van der Waals surface area contributed by atoms with E-state index in [0.717, 1.165) is 54.8 Å².